The van der Waals surface area contributed by atoms with Crippen molar-refractivity contribution in [2.24, 2.45) is 0 Å². The highest BCUT2D eigenvalue weighted by Gasteiger charge is 2.18. The van der Waals surface area contributed by atoms with Crippen LogP contribution in [-0.2, 0) is 0 Å². The largest absolute Gasteiger partial charge is 0.213 e. The van der Waals surface area contributed by atoms with Crippen molar-refractivity contribution in [1.82, 2.24) is 15.0 Å². The fraction of sp³-hybridized carbons (Fsp3) is 0.0734. The average molecular weight is 1640 g/mol. The molecular formula is C109H93N3S6. The van der Waals surface area contributed by atoms with Crippen molar-refractivity contribution in [2.75, 3.05) is 0 Å². The van der Waals surface area contributed by atoms with E-state index in [4.69, 9.17) is 0 Å². The molecule has 0 atom stereocenters. The number of nitrogens with zero attached hydrogens (tertiary/aromatic N) is 3. The van der Waals surface area contributed by atoms with Crippen LogP contribution in [0.2, 0.25) is 0 Å². The fourth-order valence-electron chi connectivity index (χ4n) is 13.5. The number of hydrogen-bond donors (Lipinski definition) is 0. The van der Waals surface area contributed by atoms with E-state index in [1.54, 1.807) is 56.7 Å². The van der Waals surface area contributed by atoms with Crippen molar-refractivity contribution in [3.05, 3.63) is 457 Å². The van der Waals surface area contributed by atoms with Crippen LogP contribution in [0.25, 0.3) is 131 Å². The Hall–Kier alpha value is -12.4. The zero-order valence-electron chi connectivity index (χ0n) is 67.6. The van der Waals surface area contributed by atoms with Gasteiger partial charge in [0.05, 0.1) is 0 Å². The number of benzene rings is 13. The van der Waals surface area contributed by atoms with E-state index in [-0.39, 0.29) is 0 Å². The van der Waals surface area contributed by atoms with Crippen molar-refractivity contribution < 1.29 is 0 Å². The first kappa shape index (κ1) is 83.5. The fourth-order valence-corrected chi connectivity index (χ4v) is 18.5. The summed E-state index contributed by atoms with van der Waals surface area (Å²) < 4.78 is 0. The van der Waals surface area contributed by atoms with Gasteiger partial charge in [-0.15, -0.1) is 56.7 Å². The van der Waals surface area contributed by atoms with Gasteiger partial charge in [0.1, 0.15) is 5.82 Å². The van der Waals surface area contributed by atoms with Gasteiger partial charge in [-0.1, -0.05) is 346 Å². The standard InChI is InChI=1S/C27H20.C16H13N3.6C11H10S/c1-19-11-5-6-14-21(19)27-24-17-9-7-15-22(24)26(20-12-3-2-4-13-20)23-16-8-10-18-25(23)27;1-12-17-15(13-8-4-2-5-9-13)19-16(18-12)14-10-6-3-7-11-14;1-9-7-12-8-11(9)10-5-3-2-4-6-10;1-9-7-11(8-12-9)10-5-3-2-4-6-10;1-9-7-11(12-8-9)10-5-3-2-4-6-10;1-9-11(7-8-12-9)10-5-3-2-4-6-10;1-9-7-8-12-11(9)10-5-3-2-4-6-10;1-9-7-8-11(12-9)10-5-3-2-4-6-10/h2-18H,1H3;2-11H,1H3;6*2-8H,1H3. The summed E-state index contributed by atoms with van der Waals surface area (Å²) in [6.45, 7) is 17.0. The van der Waals surface area contributed by atoms with E-state index in [0.717, 1.165) is 17.0 Å². The smallest absolute Gasteiger partial charge is 0.163 e. The summed E-state index contributed by atoms with van der Waals surface area (Å²) in [4.78, 5) is 21.6. The van der Waals surface area contributed by atoms with E-state index in [9.17, 15) is 0 Å². The number of hydrogen-bond acceptors (Lipinski definition) is 9. The van der Waals surface area contributed by atoms with Gasteiger partial charge in [0.15, 0.2) is 11.6 Å². The van der Waals surface area contributed by atoms with Gasteiger partial charge in [-0.3, -0.25) is 0 Å². The van der Waals surface area contributed by atoms with E-state index < -0.39 is 0 Å². The Morgan fingerprint density at radius 3 is 1.07 bits per heavy atom. The minimum Gasteiger partial charge on any atom is -0.213 e. The van der Waals surface area contributed by atoms with Crippen LogP contribution in [0.1, 0.15) is 42.7 Å². The molecule has 20 rings (SSSR count). The minimum absolute atomic E-state index is 0.715. The zero-order valence-corrected chi connectivity index (χ0v) is 72.5. The summed E-state index contributed by atoms with van der Waals surface area (Å²) in [5, 5.41) is 18.3. The number of aryl methyl sites for hydroxylation is 8. The molecule has 0 unspecified atom stereocenters. The molecule has 0 saturated heterocycles. The van der Waals surface area contributed by atoms with Crippen molar-refractivity contribution in [3.63, 3.8) is 0 Å². The number of rotatable bonds is 10. The Kier molecular flexibility index (Phi) is 30.4. The third-order valence-corrected chi connectivity index (χ3v) is 25.2. The summed E-state index contributed by atoms with van der Waals surface area (Å²) in [5.74, 6) is 2.16. The van der Waals surface area contributed by atoms with Crippen LogP contribution in [0.4, 0.5) is 0 Å². The van der Waals surface area contributed by atoms with E-state index in [1.807, 2.05) is 115 Å². The van der Waals surface area contributed by atoms with E-state index in [2.05, 4.69) is 381 Å². The molecule has 0 aliphatic heterocycles. The highest BCUT2D eigenvalue weighted by Crippen LogP contribution is 2.45. The van der Waals surface area contributed by atoms with Crippen LogP contribution in [0.5, 0.6) is 0 Å². The summed E-state index contributed by atoms with van der Waals surface area (Å²) in [7, 11) is 0. The normalized spacial score (nSPS) is 10.4. The van der Waals surface area contributed by atoms with Gasteiger partial charge in [-0.05, 0) is 240 Å². The first-order valence-corrected chi connectivity index (χ1v) is 44.7. The van der Waals surface area contributed by atoms with Crippen molar-refractivity contribution in [2.45, 2.75) is 55.4 Å². The Bertz CT molecular complexity index is 5890. The Morgan fingerprint density at radius 2 is 0.653 bits per heavy atom. The van der Waals surface area contributed by atoms with E-state index in [1.165, 1.54) is 145 Å². The van der Waals surface area contributed by atoms with Crippen LogP contribution < -0.4 is 0 Å². The number of fused-ring (bicyclic) bond motifs is 2. The molecule has 3 nitrogen and oxygen atoms in total. The second kappa shape index (κ2) is 43.0. The summed E-state index contributed by atoms with van der Waals surface area (Å²) >= 11 is 10.8. The van der Waals surface area contributed by atoms with Crippen LogP contribution in [0.15, 0.2) is 414 Å². The van der Waals surface area contributed by atoms with Gasteiger partial charge in [-0.2, -0.15) is 11.3 Å². The molecule has 0 bridgehead atoms. The Labute approximate surface area is 720 Å². The van der Waals surface area contributed by atoms with Gasteiger partial charge in [0, 0.05) is 40.4 Å². The molecule has 580 valence electrons. The predicted octanol–water partition coefficient (Wildman–Crippen LogP) is 33.5. The van der Waals surface area contributed by atoms with Gasteiger partial charge < -0.3 is 0 Å². The van der Waals surface area contributed by atoms with E-state index >= 15 is 0 Å². The quantitative estimate of drug-likeness (QED) is 0.128. The molecule has 9 heteroatoms. The van der Waals surface area contributed by atoms with Gasteiger partial charge in [0.2, 0.25) is 0 Å². The maximum absolute atomic E-state index is 4.55. The lowest BCUT2D eigenvalue weighted by atomic mass is 9.85. The average Bonchev–Trinajstić information content (AvgIpc) is 0.977. The molecular weight excluding hydrogens is 1540 g/mol. The molecule has 7 heterocycles. The lowest BCUT2D eigenvalue weighted by Gasteiger charge is -2.18. The third-order valence-electron chi connectivity index (χ3n) is 19.4. The first-order chi connectivity index (χ1) is 57.9. The van der Waals surface area contributed by atoms with Crippen LogP contribution in [0.3, 0.4) is 0 Å². The molecule has 0 N–H and O–H groups in total. The summed E-state index contributed by atoms with van der Waals surface area (Å²) in [6.07, 6.45) is 0. The summed E-state index contributed by atoms with van der Waals surface area (Å²) in [6, 6.07) is 133. The van der Waals surface area contributed by atoms with Gasteiger partial charge >= 0.3 is 0 Å². The molecule has 0 aliphatic rings. The molecule has 13 aromatic carbocycles. The van der Waals surface area contributed by atoms with Gasteiger partial charge in [0.25, 0.3) is 0 Å². The predicted molar refractivity (Wildman–Crippen MR) is 519 cm³/mol. The molecule has 0 aliphatic carbocycles. The number of aromatic nitrogens is 3. The molecule has 0 fully saturated rings. The van der Waals surface area contributed by atoms with Gasteiger partial charge in [-0.25, -0.2) is 15.0 Å². The maximum Gasteiger partial charge on any atom is 0.163 e. The molecule has 7 aromatic heterocycles. The Balaban J connectivity index is 0.000000120. The van der Waals surface area contributed by atoms with Crippen molar-refractivity contribution in [3.8, 4) is 110 Å². The Morgan fingerprint density at radius 1 is 0.229 bits per heavy atom. The first-order valence-electron chi connectivity index (χ1n) is 39.4. The molecule has 0 saturated carbocycles. The highest BCUT2D eigenvalue weighted by atomic mass is 32.1. The molecule has 0 spiro atoms. The van der Waals surface area contributed by atoms with Crippen molar-refractivity contribution in [1.29, 1.82) is 0 Å². The van der Waals surface area contributed by atoms with E-state index in [0.29, 0.717) is 11.6 Å². The second-order valence-corrected chi connectivity index (χ2v) is 34.2. The van der Waals surface area contributed by atoms with Crippen molar-refractivity contribution >= 4 is 89.6 Å². The topological polar surface area (TPSA) is 38.7 Å². The third kappa shape index (κ3) is 23.0. The lowest BCUT2D eigenvalue weighted by molar-refractivity contribution is 0.992. The molecule has 20 aromatic rings. The lowest BCUT2D eigenvalue weighted by Crippen LogP contribution is -1.99. The number of thiophene rings is 6. The van der Waals surface area contributed by atoms with Crippen LogP contribution in [0, 0.1) is 55.4 Å². The highest BCUT2D eigenvalue weighted by molar-refractivity contribution is 7.15. The maximum atomic E-state index is 4.55. The monoisotopic (exact) mass is 1640 g/mol. The van der Waals surface area contributed by atoms with Crippen LogP contribution >= 0.6 is 68.0 Å². The molecule has 0 radical (unpaired) electrons. The molecule has 0 amide bonds. The summed E-state index contributed by atoms with van der Waals surface area (Å²) in [5.41, 5.74) is 24.6. The van der Waals surface area contributed by atoms with Crippen LogP contribution in [-0.4, -0.2) is 15.0 Å². The molecule has 118 heavy (non-hydrogen) atoms. The SMILES string of the molecule is Cc1cc(-c2ccccc2)cs1.Cc1ccc(-c2ccccc2)s1.Cc1ccccc1-c1c2ccccc2c(-c2ccccc2)c2ccccc12.Cc1ccsc1-c1ccccc1.Cc1csc(-c2ccccc2)c1.Cc1cscc1-c1ccccc1.Cc1nc(-c2ccccc2)nc(-c2ccccc2)n1.Cc1sccc1-c1ccccc1. The zero-order chi connectivity index (χ0) is 81.6. The minimum atomic E-state index is 0.715. The second-order valence-electron chi connectivity index (χ2n) is 28.1.